The fourth-order valence-electron chi connectivity index (χ4n) is 5.47. The summed E-state index contributed by atoms with van der Waals surface area (Å²) >= 11 is 0. The minimum atomic E-state index is 0.136. The molecule has 34 heavy (non-hydrogen) atoms. The van der Waals surface area contributed by atoms with E-state index in [1.807, 2.05) is 42.5 Å². The maximum atomic E-state index is 12.6. The predicted octanol–water partition coefficient (Wildman–Crippen LogP) is 7.12. The van der Waals surface area contributed by atoms with Crippen molar-refractivity contribution in [3.8, 4) is 11.3 Å². The van der Waals surface area contributed by atoms with Gasteiger partial charge in [0.15, 0.2) is 0 Å². The molecular weight excluding hydrogens is 422 g/mol. The fraction of sp³-hybridized carbons (Fsp3) is 0.448. The summed E-state index contributed by atoms with van der Waals surface area (Å²) in [6, 6.07) is 16.2. The van der Waals surface area contributed by atoms with Crippen molar-refractivity contribution < 1.29 is 9.59 Å². The second-order valence-corrected chi connectivity index (χ2v) is 10.3. The zero-order valence-electron chi connectivity index (χ0n) is 20.0. The molecule has 2 aliphatic rings. The van der Waals surface area contributed by atoms with Gasteiger partial charge in [-0.1, -0.05) is 38.3 Å². The topological polar surface area (TPSA) is 74.0 Å². The summed E-state index contributed by atoms with van der Waals surface area (Å²) in [5.41, 5.74) is 4.81. The van der Waals surface area contributed by atoms with Crippen molar-refractivity contribution in [2.24, 2.45) is 17.8 Å². The van der Waals surface area contributed by atoms with Gasteiger partial charge in [-0.3, -0.25) is 9.59 Å². The zero-order chi connectivity index (χ0) is 23.5. The number of carbonyl (C=O) groups excluding carboxylic acids is 2. The molecule has 2 amide bonds. The largest absolute Gasteiger partial charge is 0.355 e. The van der Waals surface area contributed by atoms with Crippen molar-refractivity contribution in [2.45, 2.75) is 64.7 Å². The van der Waals surface area contributed by atoms with Gasteiger partial charge in [-0.05, 0) is 86.4 Å². The molecule has 0 bridgehead atoms. The van der Waals surface area contributed by atoms with E-state index in [9.17, 15) is 9.59 Å². The summed E-state index contributed by atoms with van der Waals surface area (Å²) in [5, 5.41) is 7.28. The molecule has 0 unspecified atom stereocenters. The lowest BCUT2D eigenvalue weighted by molar-refractivity contribution is -0.121. The summed E-state index contributed by atoms with van der Waals surface area (Å²) < 4.78 is 0. The number of carbonyl (C=O) groups is 2. The average Bonchev–Trinajstić information content (AvgIpc) is 3.29. The van der Waals surface area contributed by atoms with Crippen molar-refractivity contribution in [1.29, 1.82) is 0 Å². The number of anilines is 2. The Morgan fingerprint density at radius 1 is 0.735 bits per heavy atom. The molecule has 0 spiro atoms. The van der Waals surface area contributed by atoms with E-state index in [1.54, 1.807) is 0 Å². The highest BCUT2D eigenvalue weighted by Crippen LogP contribution is 2.31. The van der Waals surface area contributed by atoms with Gasteiger partial charge in [-0.25, -0.2) is 0 Å². The first-order valence-electron chi connectivity index (χ1n) is 12.9. The van der Waals surface area contributed by atoms with Crippen molar-refractivity contribution in [1.82, 2.24) is 4.98 Å². The number of nitrogens with one attached hydrogen (secondary N) is 3. The highest BCUT2D eigenvalue weighted by Gasteiger charge is 2.24. The molecular formula is C29H35N3O2. The second kappa shape index (κ2) is 10.0. The number of benzene rings is 2. The molecule has 0 radical (unpaired) electrons. The summed E-state index contributed by atoms with van der Waals surface area (Å²) in [6.45, 7) is 2.27. The van der Waals surface area contributed by atoms with Gasteiger partial charge in [0.25, 0.3) is 0 Å². The van der Waals surface area contributed by atoms with Gasteiger partial charge in [0.05, 0.1) is 0 Å². The van der Waals surface area contributed by atoms with E-state index in [2.05, 4.69) is 28.6 Å². The fourth-order valence-corrected chi connectivity index (χ4v) is 5.47. The molecule has 2 aromatic carbocycles. The Kier molecular flexibility index (Phi) is 6.70. The highest BCUT2D eigenvalue weighted by atomic mass is 16.2. The maximum Gasteiger partial charge on any atom is 0.227 e. The number of aromatic nitrogens is 1. The van der Waals surface area contributed by atoms with E-state index < -0.39 is 0 Å². The highest BCUT2D eigenvalue weighted by molar-refractivity contribution is 5.96. The zero-order valence-corrected chi connectivity index (χ0v) is 20.0. The Morgan fingerprint density at radius 3 is 2.06 bits per heavy atom. The van der Waals surface area contributed by atoms with Gasteiger partial charge in [0.2, 0.25) is 11.8 Å². The quantitative estimate of drug-likeness (QED) is 0.382. The summed E-state index contributed by atoms with van der Waals surface area (Å²) in [5.74, 6) is 1.32. The van der Waals surface area contributed by atoms with Crippen molar-refractivity contribution in [2.75, 3.05) is 10.6 Å². The lowest BCUT2D eigenvalue weighted by atomic mass is 9.82. The van der Waals surface area contributed by atoms with Crippen molar-refractivity contribution >= 4 is 34.1 Å². The summed E-state index contributed by atoms with van der Waals surface area (Å²) in [6.07, 6.45) is 9.81. The van der Waals surface area contributed by atoms with Crippen LogP contribution in [0.25, 0.3) is 22.2 Å². The molecule has 5 rings (SSSR count). The Morgan fingerprint density at radius 2 is 1.35 bits per heavy atom. The lowest BCUT2D eigenvalue weighted by Crippen LogP contribution is -2.26. The van der Waals surface area contributed by atoms with Gasteiger partial charge >= 0.3 is 0 Å². The first-order chi connectivity index (χ1) is 16.5. The van der Waals surface area contributed by atoms with Crippen LogP contribution in [0.15, 0.2) is 48.5 Å². The van der Waals surface area contributed by atoms with Crippen LogP contribution >= 0.6 is 0 Å². The lowest BCUT2D eigenvalue weighted by Gasteiger charge is -2.25. The third-order valence-electron chi connectivity index (χ3n) is 7.71. The van der Waals surface area contributed by atoms with Crippen LogP contribution in [0.4, 0.5) is 11.4 Å². The van der Waals surface area contributed by atoms with E-state index in [4.69, 9.17) is 0 Å². The summed E-state index contributed by atoms with van der Waals surface area (Å²) in [7, 11) is 0. The van der Waals surface area contributed by atoms with Gasteiger partial charge in [0, 0.05) is 39.8 Å². The maximum absolute atomic E-state index is 12.6. The number of aromatic amines is 1. The third kappa shape index (κ3) is 5.19. The van der Waals surface area contributed by atoms with Crippen molar-refractivity contribution in [3.63, 3.8) is 0 Å². The monoisotopic (exact) mass is 457 g/mol. The Labute approximate surface area is 201 Å². The third-order valence-corrected chi connectivity index (χ3v) is 7.71. The van der Waals surface area contributed by atoms with Gasteiger partial charge < -0.3 is 15.6 Å². The standard InChI is InChI=1S/C29H35N3O2/c1-19-7-9-22(10-8-19)29(34)30-24-13-11-20(12-14-24)27-18-23-17-25(15-16-26(23)32-27)31-28(33)21-5-3-2-4-6-21/h11-19,21-22,32H,2-10H2,1H3,(H,30,34)(H,31,33). The van der Waals surface area contributed by atoms with Crippen LogP contribution in [-0.2, 0) is 9.59 Å². The molecule has 1 heterocycles. The van der Waals surface area contributed by atoms with Crippen LogP contribution in [0.5, 0.6) is 0 Å². The van der Waals surface area contributed by atoms with E-state index in [0.717, 1.165) is 90.8 Å². The number of H-pyrrole nitrogens is 1. The van der Waals surface area contributed by atoms with Gasteiger partial charge in [-0.2, -0.15) is 0 Å². The molecule has 0 atom stereocenters. The average molecular weight is 458 g/mol. The Hall–Kier alpha value is -3.08. The van der Waals surface area contributed by atoms with E-state index in [1.165, 1.54) is 6.42 Å². The molecule has 3 N–H and O–H groups in total. The normalized spacial score (nSPS) is 21.3. The molecule has 2 saturated carbocycles. The van der Waals surface area contributed by atoms with Crippen LogP contribution < -0.4 is 10.6 Å². The molecule has 5 heteroatoms. The van der Waals surface area contributed by atoms with E-state index >= 15 is 0 Å². The SMILES string of the molecule is CC1CCC(C(=O)Nc2ccc(-c3cc4cc(NC(=O)C5CCCCC5)ccc4[nH]3)cc2)CC1. The molecule has 0 saturated heterocycles. The van der Waals surface area contributed by atoms with Crippen LogP contribution in [0.2, 0.25) is 0 Å². The molecule has 2 aliphatic carbocycles. The van der Waals surface area contributed by atoms with Crippen LogP contribution in [0.3, 0.4) is 0 Å². The van der Waals surface area contributed by atoms with Gasteiger partial charge in [-0.15, -0.1) is 0 Å². The molecule has 1 aromatic heterocycles. The minimum absolute atomic E-state index is 0.136. The Bertz CT molecular complexity index is 1150. The Balaban J connectivity index is 1.24. The molecule has 178 valence electrons. The van der Waals surface area contributed by atoms with Crippen LogP contribution in [-0.4, -0.2) is 16.8 Å². The molecule has 3 aromatic rings. The van der Waals surface area contributed by atoms with E-state index in [0.29, 0.717) is 0 Å². The first kappa shape index (κ1) is 22.7. The first-order valence-corrected chi connectivity index (χ1v) is 12.9. The number of fused-ring (bicyclic) bond motifs is 1. The minimum Gasteiger partial charge on any atom is -0.355 e. The van der Waals surface area contributed by atoms with Crippen LogP contribution in [0.1, 0.15) is 64.7 Å². The number of hydrogen-bond acceptors (Lipinski definition) is 2. The molecule has 0 aliphatic heterocycles. The van der Waals surface area contributed by atoms with Crippen LogP contribution in [0, 0.1) is 17.8 Å². The smallest absolute Gasteiger partial charge is 0.227 e. The molecule has 2 fully saturated rings. The summed E-state index contributed by atoms with van der Waals surface area (Å²) in [4.78, 5) is 28.7. The number of hydrogen-bond donors (Lipinski definition) is 3. The van der Waals surface area contributed by atoms with Crippen molar-refractivity contribution in [3.05, 3.63) is 48.5 Å². The predicted molar refractivity (Wildman–Crippen MR) is 139 cm³/mol. The molecule has 5 nitrogen and oxygen atoms in total. The number of amides is 2. The van der Waals surface area contributed by atoms with Gasteiger partial charge in [0.1, 0.15) is 0 Å². The number of rotatable bonds is 5. The van der Waals surface area contributed by atoms with E-state index in [-0.39, 0.29) is 23.7 Å². The second-order valence-electron chi connectivity index (χ2n) is 10.3.